The van der Waals surface area contributed by atoms with Crippen molar-refractivity contribution >= 4 is 16.6 Å². The van der Waals surface area contributed by atoms with Crippen molar-refractivity contribution in [1.82, 2.24) is 0 Å². The summed E-state index contributed by atoms with van der Waals surface area (Å²) in [5.74, 6) is 0. The van der Waals surface area contributed by atoms with Gasteiger partial charge in [0.1, 0.15) is 0 Å². The third kappa shape index (κ3) is 13.4. The van der Waals surface area contributed by atoms with Gasteiger partial charge in [0, 0.05) is 14.0 Å². The fourth-order valence-electron chi connectivity index (χ4n) is 2.96. The molecule has 0 aliphatic carbocycles. The number of unbranched alkanes of at least 4 members (excludes halogenated alkanes) is 5. The van der Waals surface area contributed by atoms with E-state index < -0.39 is 7.82 Å². The Hall–Kier alpha value is 0.540. The van der Waals surface area contributed by atoms with Crippen LogP contribution in [0.15, 0.2) is 0 Å². The van der Waals surface area contributed by atoms with Gasteiger partial charge in [0.25, 0.3) is 0 Å². The molecule has 0 aromatic heterocycles. The Labute approximate surface area is 171 Å². The average Bonchev–Trinajstić information content (AvgIpc) is 2.67. The minimum absolute atomic E-state index is 0.125. The normalized spacial score (nSPS) is 13.1. The summed E-state index contributed by atoms with van der Waals surface area (Å²) in [7, 11) is -3.27. The molecule has 0 saturated carbocycles. The fraction of sp³-hybridized carbons (Fsp3) is 1.00. The third-order valence-corrected chi connectivity index (χ3v) is 8.34. The smallest absolute Gasteiger partial charge is 0.287 e. The molecule has 0 radical (unpaired) electrons. The highest BCUT2D eigenvalue weighted by molar-refractivity contribution is 7.56. The largest absolute Gasteiger partial charge is 0.477 e. The molecule has 27 heavy (non-hydrogen) atoms. The molecule has 0 rings (SSSR count). The standard InChI is InChI=1S/C21H46O4P2/c1-6-11-16-21(17-12-7-2,18-13-8-3)26-25-27(22,23-19-14-9-4)24-20-15-10-5/h26H,6-20H2,1-5H3. The van der Waals surface area contributed by atoms with E-state index in [1.54, 1.807) is 0 Å². The summed E-state index contributed by atoms with van der Waals surface area (Å²) in [5, 5.41) is 0.125. The highest BCUT2D eigenvalue weighted by Crippen LogP contribution is 2.60. The maximum atomic E-state index is 13.2. The lowest BCUT2D eigenvalue weighted by Gasteiger charge is -2.34. The zero-order chi connectivity index (χ0) is 20.4. The number of phosphoric acid groups is 1. The topological polar surface area (TPSA) is 44.8 Å². The van der Waals surface area contributed by atoms with Gasteiger partial charge in [-0.3, -0.25) is 13.4 Å². The van der Waals surface area contributed by atoms with Gasteiger partial charge in [0.2, 0.25) is 0 Å². The Balaban J connectivity index is 5.11. The Kier molecular flexibility index (Phi) is 17.8. The predicted octanol–water partition coefficient (Wildman–Crippen LogP) is 8.65. The Morgan fingerprint density at radius 2 is 1.04 bits per heavy atom. The molecular weight excluding hydrogens is 378 g/mol. The second-order valence-electron chi connectivity index (χ2n) is 7.61. The molecule has 0 bridgehead atoms. The summed E-state index contributed by atoms with van der Waals surface area (Å²) >= 11 is 0. The van der Waals surface area contributed by atoms with Crippen LogP contribution < -0.4 is 0 Å². The summed E-state index contributed by atoms with van der Waals surface area (Å²) in [6, 6.07) is 0. The summed E-state index contributed by atoms with van der Waals surface area (Å²) in [4.78, 5) is 0. The summed E-state index contributed by atoms with van der Waals surface area (Å²) in [6.45, 7) is 11.8. The highest BCUT2D eigenvalue weighted by atomic mass is 31.2. The van der Waals surface area contributed by atoms with E-state index >= 15 is 0 Å². The van der Waals surface area contributed by atoms with Crippen LogP contribution in [0.5, 0.6) is 0 Å². The molecule has 0 aromatic carbocycles. The molecule has 0 N–H and O–H groups in total. The Morgan fingerprint density at radius 3 is 1.37 bits per heavy atom. The van der Waals surface area contributed by atoms with Crippen LogP contribution in [0, 0.1) is 0 Å². The van der Waals surface area contributed by atoms with E-state index in [0.717, 1.165) is 44.9 Å². The Morgan fingerprint density at radius 1 is 0.667 bits per heavy atom. The first-order chi connectivity index (χ1) is 13.0. The van der Waals surface area contributed by atoms with Gasteiger partial charge in [0.05, 0.1) is 13.2 Å². The van der Waals surface area contributed by atoms with Gasteiger partial charge >= 0.3 is 7.82 Å². The molecule has 0 aliphatic heterocycles. The van der Waals surface area contributed by atoms with Crippen molar-refractivity contribution in [3.05, 3.63) is 0 Å². The molecular formula is C21H46O4P2. The lowest BCUT2D eigenvalue weighted by molar-refractivity contribution is 0.155. The average molecular weight is 425 g/mol. The van der Waals surface area contributed by atoms with Crippen LogP contribution in [0.1, 0.15) is 118 Å². The van der Waals surface area contributed by atoms with Gasteiger partial charge in [-0.15, -0.1) is 0 Å². The first-order valence-corrected chi connectivity index (χ1v) is 13.7. The van der Waals surface area contributed by atoms with Crippen LogP contribution in [0.3, 0.4) is 0 Å². The fourth-order valence-corrected chi connectivity index (χ4v) is 6.22. The van der Waals surface area contributed by atoms with Crippen LogP contribution >= 0.6 is 16.6 Å². The molecule has 0 spiro atoms. The van der Waals surface area contributed by atoms with E-state index in [2.05, 4.69) is 34.6 Å². The van der Waals surface area contributed by atoms with Gasteiger partial charge in [-0.2, -0.15) is 0 Å². The number of hydrogen-bond acceptors (Lipinski definition) is 4. The quantitative estimate of drug-likeness (QED) is 0.145. The maximum Gasteiger partial charge on any atom is 0.477 e. The molecule has 0 heterocycles. The van der Waals surface area contributed by atoms with E-state index in [4.69, 9.17) is 13.4 Å². The first kappa shape index (κ1) is 27.5. The van der Waals surface area contributed by atoms with Gasteiger partial charge in [-0.05, 0) is 32.1 Å². The molecule has 0 fully saturated rings. The van der Waals surface area contributed by atoms with Gasteiger partial charge < -0.3 is 0 Å². The first-order valence-electron chi connectivity index (χ1n) is 11.4. The summed E-state index contributed by atoms with van der Waals surface area (Å²) in [6.07, 6.45) is 14.3. The van der Waals surface area contributed by atoms with Crippen molar-refractivity contribution in [3.8, 4) is 0 Å². The Bertz CT molecular complexity index is 341. The number of rotatable bonds is 20. The van der Waals surface area contributed by atoms with E-state index in [0.29, 0.717) is 13.2 Å². The minimum atomic E-state index is -3.46. The van der Waals surface area contributed by atoms with Crippen molar-refractivity contribution in [1.29, 1.82) is 0 Å². The molecule has 0 aliphatic rings. The van der Waals surface area contributed by atoms with E-state index in [1.807, 2.05) is 0 Å². The summed E-state index contributed by atoms with van der Waals surface area (Å²) in [5.41, 5.74) is 0. The van der Waals surface area contributed by atoms with Crippen molar-refractivity contribution in [2.24, 2.45) is 0 Å². The SMILES string of the molecule is CCCCOP(=O)(OCCCC)OPC(CCCC)(CCCC)CCCC. The summed E-state index contributed by atoms with van der Waals surface area (Å²) < 4.78 is 30.5. The van der Waals surface area contributed by atoms with E-state index in [-0.39, 0.29) is 14.0 Å². The lowest BCUT2D eigenvalue weighted by atomic mass is 9.90. The molecule has 1 atom stereocenters. The van der Waals surface area contributed by atoms with Gasteiger partial charge in [0.15, 0.2) is 0 Å². The molecule has 0 saturated heterocycles. The van der Waals surface area contributed by atoms with Crippen molar-refractivity contribution in [2.45, 2.75) is 123 Å². The second kappa shape index (κ2) is 17.4. The van der Waals surface area contributed by atoms with Crippen LogP contribution in [0.25, 0.3) is 0 Å². The van der Waals surface area contributed by atoms with Crippen molar-refractivity contribution in [3.63, 3.8) is 0 Å². The van der Waals surface area contributed by atoms with Crippen LogP contribution in [0.4, 0.5) is 0 Å². The van der Waals surface area contributed by atoms with Crippen LogP contribution in [-0.2, 0) is 17.9 Å². The van der Waals surface area contributed by atoms with Gasteiger partial charge in [-0.1, -0.05) is 86.0 Å². The molecule has 4 nitrogen and oxygen atoms in total. The minimum Gasteiger partial charge on any atom is -0.287 e. The number of hydrogen-bond donors (Lipinski definition) is 0. The number of phosphoric ester groups is 1. The zero-order valence-corrected chi connectivity index (χ0v) is 20.6. The highest BCUT2D eigenvalue weighted by Gasteiger charge is 2.35. The zero-order valence-electron chi connectivity index (χ0n) is 18.7. The second-order valence-corrected chi connectivity index (χ2v) is 11.0. The molecule has 0 amide bonds. The van der Waals surface area contributed by atoms with E-state index in [1.165, 1.54) is 38.5 Å². The van der Waals surface area contributed by atoms with Crippen LogP contribution in [0.2, 0.25) is 0 Å². The van der Waals surface area contributed by atoms with Gasteiger partial charge in [-0.25, -0.2) is 4.57 Å². The monoisotopic (exact) mass is 424 g/mol. The molecule has 164 valence electrons. The molecule has 1 unspecified atom stereocenters. The maximum absolute atomic E-state index is 13.2. The predicted molar refractivity (Wildman–Crippen MR) is 120 cm³/mol. The third-order valence-electron chi connectivity index (χ3n) is 4.90. The van der Waals surface area contributed by atoms with Crippen LogP contribution in [-0.4, -0.2) is 18.4 Å². The molecule has 6 heteroatoms. The lowest BCUT2D eigenvalue weighted by Crippen LogP contribution is -2.24. The van der Waals surface area contributed by atoms with Crippen molar-refractivity contribution < 1.29 is 17.9 Å². The van der Waals surface area contributed by atoms with E-state index in [9.17, 15) is 4.57 Å². The van der Waals surface area contributed by atoms with Crippen molar-refractivity contribution in [2.75, 3.05) is 13.2 Å². The molecule has 0 aromatic rings.